The van der Waals surface area contributed by atoms with Crippen molar-refractivity contribution in [1.82, 2.24) is 4.72 Å². The van der Waals surface area contributed by atoms with Crippen LogP contribution in [0.15, 0.2) is 47.4 Å². The van der Waals surface area contributed by atoms with Gasteiger partial charge in [-0.25, -0.2) is 13.1 Å². The van der Waals surface area contributed by atoms with Gasteiger partial charge in [0, 0.05) is 25.5 Å². The first-order valence-corrected chi connectivity index (χ1v) is 9.74. The van der Waals surface area contributed by atoms with Gasteiger partial charge in [0.2, 0.25) is 10.0 Å². The maximum atomic E-state index is 12.6. The molecule has 6 nitrogen and oxygen atoms in total. The molecule has 2 aliphatic heterocycles. The van der Waals surface area contributed by atoms with Crippen LogP contribution >= 0.6 is 0 Å². The topological polar surface area (TPSA) is 73.9 Å². The van der Waals surface area contributed by atoms with Gasteiger partial charge < -0.3 is 14.2 Å². The van der Waals surface area contributed by atoms with E-state index in [2.05, 4.69) is 4.72 Å². The van der Waals surface area contributed by atoms with Gasteiger partial charge >= 0.3 is 0 Å². The minimum atomic E-state index is -3.65. The zero-order valence-electron chi connectivity index (χ0n) is 13.6. The molecular weight excluding hydrogens is 342 g/mol. The number of benzene rings is 2. The van der Waals surface area contributed by atoms with E-state index in [4.69, 9.17) is 14.2 Å². The Bertz CT molecular complexity index is 856. The van der Waals surface area contributed by atoms with Gasteiger partial charge in [0.25, 0.3) is 0 Å². The summed E-state index contributed by atoms with van der Waals surface area (Å²) in [5, 5.41) is 0. The van der Waals surface area contributed by atoms with Crippen LogP contribution in [-0.4, -0.2) is 34.3 Å². The number of sulfonamides is 1. The van der Waals surface area contributed by atoms with E-state index in [1.807, 2.05) is 24.3 Å². The fourth-order valence-electron chi connectivity index (χ4n) is 2.96. The Morgan fingerprint density at radius 3 is 2.64 bits per heavy atom. The second kappa shape index (κ2) is 6.57. The number of nitrogens with one attached hydrogen (secondary N) is 1. The first-order chi connectivity index (χ1) is 12.1. The molecule has 0 fully saturated rings. The fourth-order valence-corrected chi connectivity index (χ4v) is 4.05. The van der Waals surface area contributed by atoms with E-state index < -0.39 is 10.0 Å². The average molecular weight is 361 g/mol. The monoisotopic (exact) mass is 361 g/mol. The van der Waals surface area contributed by atoms with Crippen molar-refractivity contribution in [3.8, 4) is 17.2 Å². The van der Waals surface area contributed by atoms with Gasteiger partial charge in [-0.15, -0.1) is 0 Å². The average Bonchev–Trinajstić information content (AvgIpc) is 2.89. The lowest BCUT2D eigenvalue weighted by molar-refractivity contribution is 0.236. The first kappa shape index (κ1) is 16.2. The summed E-state index contributed by atoms with van der Waals surface area (Å²) in [6.07, 6.45) is 1.27. The summed E-state index contributed by atoms with van der Waals surface area (Å²) in [5.74, 6) is 1.86. The van der Waals surface area contributed by atoms with Crippen LogP contribution < -0.4 is 18.9 Å². The molecule has 132 valence electrons. The summed E-state index contributed by atoms with van der Waals surface area (Å²) in [6.45, 7) is 1.29. The molecule has 0 aliphatic carbocycles. The maximum Gasteiger partial charge on any atom is 0.240 e. The van der Waals surface area contributed by atoms with Gasteiger partial charge in [-0.05, 0) is 23.8 Å². The van der Waals surface area contributed by atoms with Crippen molar-refractivity contribution in [3.63, 3.8) is 0 Å². The van der Waals surface area contributed by atoms with Gasteiger partial charge in [0.15, 0.2) is 11.5 Å². The number of rotatable bonds is 4. The summed E-state index contributed by atoms with van der Waals surface area (Å²) < 4.78 is 44.6. The third-order valence-electron chi connectivity index (χ3n) is 4.24. The molecular formula is C18H19NO5S. The van der Waals surface area contributed by atoms with Crippen molar-refractivity contribution in [1.29, 1.82) is 0 Å². The zero-order chi connectivity index (χ0) is 17.3. The van der Waals surface area contributed by atoms with Crippen LogP contribution in [0, 0.1) is 0 Å². The molecule has 0 amide bonds. The molecule has 0 bridgehead atoms. The molecule has 4 rings (SSSR count). The van der Waals surface area contributed by atoms with E-state index in [1.54, 1.807) is 6.07 Å². The molecule has 2 heterocycles. The van der Waals surface area contributed by atoms with Crippen molar-refractivity contribution in [3.05, 3.63) is 48.0 Å². The summed E-state index contributed by atoms with van der Waals surface area (Å²) in [7, 11) is -3.65. The van der Waals surface area contributed by atoms with Crippen molar-refractivity contribution in [2.45, 2.75) is 23.8 Å². The van der Waals surface area contributed by atoms with Crippen molar-refractivity contribution >= 4 is 10.0 Å². The largest absolute Gasteiger partial charge is 0.490 e. The lowest BCUT2D eigenvalue weighted by Crippen LogP contribution is -2.34. The van der Waals surface area contributed by atoms with Gasteiger partial charge in [0.05, 0.1) is 18.1 Å². The molecule has 0 aromatic heterocycles. The number of hydrogen-bond acceptors (Lipinski definition) is 5. The van der Waals surface area contributed by atoms with E-state index in [0.29, 0.717) is 31.1 Å². The molecule has 1 atom stereocenters. The standard InChI is InChI=1S/C18H19NO5S/c20-25(21,15-6-7-17-18(11-15)23-9-3-8-22-17)19-12-14-10-13-4-1-2-5-16(13)24-14/h1-2,4-7,11,14,19H,3,8-10,12H2. The number of para-hydroxylation sites is 1. The van der Waals surface area contributed by atoms with Gasteiger partial charge in [-0.3, -0.25) is 0 Å². The summed E-state index contributed by atoms with van der Waals surface area (Å²) in [5.41, 5.74) is 1.10. The van der Waals surface area contributed by atoms with Gasteiger partial charge in [-0.1, -0.05) is 18.2 Å². The van der Waals surface area contributed by atoms with Crippen LogP contribution in [-0.2, 0) is 16.4 Å². The Balaban J connectivity index is 1.45. The maximum absolute atomic E-state index is 12.6. The minimum absolute atomic E-state index is 0.160. The van der Waals surface area contributed by atoms with Crippen LogP contribution in [0.3, 0.4) is 0 Å². The smallest absolute Gasteiger partial charge is 0.240 e. The van der Waals surface area contributed by atoms with Crippen LogP contribution in [0.1, 0.15) is 12.0 Å². The molecule has 7 heteroatoms. The number of hydrogen-bond donors (Lipinski definition) is 1. The molecule has 0 spiro atoms. The third-order valence-corrected chi connectivity index (χ3v) is 5.67. The van der Waals surface area contributed by atoms with Gasteiger partial charge in [0.1, 0.15) is 11.9 Å². The second-order valence-electron chi connectivity index (χ2n) is 6.06. The molecule has 0 saturated carbocycles. The van der Waals surface area contributed by atoms with Crippen LogP contribution in [0.4, 0.5) is 0 Å². The SMILES string of the molecule is O=S(=O)(NCC1Cc2ccccc2O1)c1ccc2c(c1)OCCCO2. The predicted molar refractivity (Wildman–Crippen MR) is 91.8 cm³/mol. The second-order valence-corrected chi connectivity index (χ2v) is 7.83. The highest BCUT2D eigenvalue weighted by Crippen LogP contribution is 2.32. The van der Waals surface area contributed by atoms with Gasteiger partial charge in [-0.2, -0.15) is 0 Å². The third kappa shape index (κ3) is 3.43. The first-order valence-electron chi connectivity index (χ1n) is 8.26. The molecule has 25 heavy (non-hydrogen) atoms. The zero-order valence-corrected chi connectivity index (χ0v) is 14.4. The fraction of sp³-hybridized carbons (Fsp3) is 0.333. The van der Waals surface area contributed by atoms with Crippen LogP contribution in [0.25, 0.3) is 0 Å². The van der Waals surface area contributed by atoms with E-state index in [1.165, 1.54) is 12.1 Å². The quantitative estimate of drug-likeness (QED) is 0.903. The summed E-state index contributed by atoms with van der Waals surface area (Å²) in [6, 6.07) is 12.4. The Morgan fingerprint density at radius 1 is 1.00 bits per heavy atom. The number of fused-ring (bicyclic) bond motifs is 2. The molecule has 2 aromatic carbocycles. The van der Waals surface area contributed by atoms with E-state index >= 15 is 0 Å². The molecule has 2 aliphatic rings. The number of ether oxygens (including phenoxy) is 3. The lowest BCUT2D eigenvalue weighted by Gasteiger charge is -2.13. The van der Waals surface area contributed by atoms with E-state index in [9.17, 15) is 8.42 Å². The molecule has 0 radical (unpaired) electrons. The normalized spacial score (nSPS) is 19.0. The predicted octanol–water partition coefficient (Wildman–Crippen LogP) is 2.13. The van der Waals surface area contributed by atoms with Crippen molar-refractivity contribution in [2.24, 2.45) is 0 Å². The van der Waals surface area contributed by atoms with Crippen LogP contribution in [0.2, 0.25) is 0 Å². The highest BCUT2D eigenvalue weighted by molar-refractivity contribution is 7.89. The summed E-state index contributed by atoms with van der Waals surface area (Å²) >= 11 is 0. The Morgan fingerprint density at radius 2 is 1.80 bits per heavy atom. The highest BCUT2D eigenvalue weighted by atomic mass is 32.2. The Labute approximate surface area is 146 Å². The molecule has 1 unspecified atom stereocenters. The van der Waals surface area contributed by atoms with E-state index in [0.717, 1.165) is 17.7 Å². The lowest BCUT2D eigenvalue weighted by atomic mass is 10.1. The van der Waals surface area contributed by atoms with Crippen LogP contribution in [0.5, 0.6) is 17.2 Å². The highest BCUT2D eigenvalue weighted by Gasteiger charge is 2.25. The molecule has 1 N–H and O–H groups in total. The van der Waals surface area contributed by atoms with Crippen molar-refractivity contribution in [2.75, 3.05) is 19.8 Å². The van der Waals surface area contributed by atoms with Crippen molar-refractivity contribution < 1.29 is 22.6 Å². The van der Waals surface area contributed by atoms with E-state index in [-0.39, 0.29) is 17.5 Å². The minimum Gasteiger partial charge on any atom is -0.490 e. The molecule has 2 aromatic rings. The molecule has 0 saturated heterocycles. The Kier molecular flexibility index (Phi) is 4.27. The Hall–Kier alpha value is -2.25. The summed E-state index contributed by atoms with van der Waals surface area (Å²) in [4.78, 5) is 0.160.